The maximum absolute atomic E-state index is 10.6. The largest absolute Gasteiger partial charge is 0.396 e. The molecule has 0 bridgehead atoms. The van der Waals surface area contributed by atoms with Crippen LogP contribution in [0.5, 0.6) is 0 Å². The highest BCUT2D eigenvalue weighted by Crippen LogP contribution is 1.94. The van der Waals surface area contributed by atoms with Crippen molar-refractivity contribution in [1.29, 1.82) is 0 Å². The van der Waals surface area contributed by atoms with Crippen LogP contribution in [0.4, 0.5) is 0 Å². The van der Waals surface area contributed by atoms with Gasteiger partial charge in [0.25, 0.3) is 5.91 Å². The van der Waals surface area contributed by atoms with E-state index in [1.807, 2.05) is 0 Å². The molecular weight excluding hydrogens is 158 g/mol. The van der Waals surface area contributed by atoms with E-state index in [0.29, 0.717) is 12.2 Å². The Labute approximate surface area is 69.3 Å². The van der Waals surface area contributed by atoms with Crippen LogP contribution >= 0.6 is 0 Å². The predicted molar refractivity (Wildman–Crippen MR) is 41.3 cm³/mol. The molecule has 1 aromatic heterocycles. The van der Waals surface area contributed by atoms with Gasteiger partial charge < -0.3 is 10.8 Å². The fourth-order valence-corrected chi connectivity index (χ4v) is 0.757. The first-order valence-electron chi connectivity index (χ1n) is 3.46. The van der Waals surface area contributed by atoms with Crippen LogP contribution in [-0.2, 0) is 6.42 Å². The monoisotopic (exact) mass is 167 g/mol. The number of aromatic nitrogens is 2. The Balaban J connectivity index is 2.88. The normalized spacial score (nSPS) is 9.75. The third kappa shape index (κ3) is 2.00. The van der Waals surface area contributed by atoms with Gasteiger partial charge in [0.2, 0.25) is 0 Å². The van der Waals surface area contributed by atoms with Crippen molar-refractivity contribution in [2.75, 3.05) is 6.61 Å². The number of aliphatic hydroxyl groups is 1. The van der Waals surface area contributed by atoms with Gasteiger partial charge in [0, 0.05) is 12.6 Å². The molecule has 0 aromatic carbocycles. The molecule has 0 aliphatic heterocycles. The van der Waals surface area contributed by atoms with Crippen molar-refractivity contribution >= 4 is 5.91 Å². The molecule has 0 unspecified atom stereocenters. The van der Waals surface area contributed by atoms with Crippen molar-refractivity contribution in [1.82, 2.24) is 9.97 Å². The quantitative estimate of drug-likeness (QED) is 0.611. The van der Waals surface area contributed by atoms with Crippen LogP contribution in [0.1, 0.15) is 16.3 Å². The number of primary amides is 1. The van der Waals surface area contributed by atoms with E-state index in [-0.39, 0.29) is 12.3 Å². The molecule has 0 saturated heterocycles. The second-order valence-electron chi connectivity index (χ2n) is 2.20. The van der Waals surface area contributed by atoms with Crippen LogP contribution in [0.15, 0.2) is 12.3 Å². The van der Waals surface area contributed by atoms with Gasteiger partial charge in [0.05, 0.1) is 6.61 Å². The van der Waals surface area contributed by atoms with E-state index in [4.69, 9.17) is 10.8 Å². The van der Waals surface area contributed by atoms with Crippen molar-refractivity contribution in [3.8, 4) is 0 Å². The topological polar surface area (TPSA) is 89.1 Å². The van der Waals surface area contributed by atoms with Crippen molar-refractivity contribution in [3.05, 3.63) is 23.8 Å². The van der Waals surface area contributed by atoms with Gasteiger partial charge in [-0.3, -0.25) is 4.79 Å². The third-order valence-corrected chi connectivity index (χ3v) is 1.29. The fraction of sp³-hybridized carbons (Fsp3) is 0.286. The van der Waals surface area contributed by atoms with E-state index >= 15 is 0 Å². The molecular formula is C7H9N3O2. The van der Waals surface area contributed by atoms with Crippen LogP contribution in [0.2, 0.25) is 0 Å². The van der Waals surface area contributed by atoms with Crippen LogP contribution in [0.3, 0.4) is 0 Å². The lowest BCUT2D eigenvalue weighted by molar-refractivity contribution is 0.0995. The number of aliphatic hydroxyl groups excluding tert-OH is 1. The Morgan fingerprint density at radius 2 is 2.42 bits per heavy atom. The van der Waals surface area contributed by atoms with Crippen molar-refractivity contribution < 1.29 is 9.90 Å². The minimum absolute atomic E-state index is 0.0395. The molecule has 1 amide bonds. The molecule has 5 heteroatoms. The van der Waals surface area contributed by atoms with Crippen LogP contribution in [-0.4, -0.2) is 27.6 Å². The number of amides is 1. The number of nitrogens with zero attached hydrogens (tertiary/aromatic N) is 2. The highest BCUT2D eigenvalue weighted by atomic mass is 16.3. The van der Waals surface area contributed by atoms with Gasteiger partial charge in [0.1, 0.15) is 11.5 Å². The zero-order chi connectivity index (χ0) is 8.97. The Kier molecular flexibility index (Phi) is 2.71. The maximum atomic E-state index is 10.6. The number of rotatable bonds is 3. The molecule has 12 heavy (non-hydrogen) atoms. The molecule has 0 aliphatic rings. The molecule has 0 atom stereocenters. The molecule has 0 fully saturated rings. The lowest BCUT2D eigenvalue weighted by Gasteiger charge is -1.97. The van der Waals surface area contributed by atoms with Crippen LogP contribution < -0.4 is 5.73 Å². The van der Waals surface area contributed by atoms with Gasteiger partial charge in [-0.2, -0.15) is 0 Å². The minimum atomic E-state index is -0.586. The average Bonchev–Trinajstić information content (AvgIpc) is 2.05. The number of hydrogen-bond donors (Lipinski definition) is 2. The smallest absolute Gasteiger partial charge is 0.267 e. The second kappa shape index (κ2) is 3.77. The highest BCUT2D eigenvalue weighted by molar-refractivity contribution is 5.90. The highest BCUT2D eigenvalue weighted by Gasteiger charge is 2.02. The molecule has 1 heterocycles. The molecule has 0 saturated carbocycles. The predicted octanol–water partition coefficient (Wildman–Crippen LogP) is -0.890. The minimum Gasteiger partial charge on any atom is -0.396 e. The molecule has 1 aromatic rings. The molecule has 3 N–H and O–H groups in total. The zero-order valence-corrected chi connectivity index (χ0v) is 6.40. The van der Waals surface area contributed by atoms with Crippen molar-refractivity contribution in [3.63, 3.8) is 0 Å². The van der Waals surface area contributed by atoms with Crippen LogP contribution in [0.25, 0.3) is 0 Å². The van der Waals surface area contributed by atoms with E-state index in [2.05, 4.69) is 9.97 Å². The number of carbonyl (C=O) groups is 1. The summed E-state index contributed by atoms with van der Waals surface area (Å²) in [5.41, 5.74) is 5.16. The first-order chi connectivity index (χ1) is 5.74. The van der Waals surface area contributed by atoms with Crippen molar-refractivity contribution in [2.24, 2.45) is 5.73 Å². The third-order valence-electron chi connectivity index (χ3n) is 1.29. The maximum Gasteiger partial charge on any atom is 0.267 e. The summed E-state index contributed by atoms with van der Waals surface area (Å²) in [4.78, 5) is 18.3. The standard InChI is InChI=1S/C7H9N3O2/c8-7(12)5-1-3-9-6(10-5)2-4-11/h1,3,11H,2,4H2,(H2,8,12). The summed E-state index contributed by atoms with van der Waals surface area (Å²) in [6, 6.07) is 1.43. The molecule has 1 rings (SSSR count). The molecule has 5 nitrogen and oxygen atoms in total. The lowest BCUT2D eigenvalue weighted by Crippen LogP contribution is -2.14. The molecule has 0 aliphatic carbocycles. The summed E-state index contributed by atoms with van der Waals surface area (Å²) in [7, 11) is 0. The van der Waals surface area contributed by atoms with E-state index in [1.54, 1.807) is 0 Å². The van der Waals surface area contributed by atoms with Gasteiger partial charge >= 0.3 is 0 Å². The lowest BCUT2D eigenvalue weighted by atomic mass is 10.3. The molecule has 0 spiro atoms. The molecule has 0 radical (unpaired) electrons. The Morgan fingerprint density at radius 3 is 3.00 bits per heavy atom. The van der Waals surface area contributed by atoms with Gasteiger partial charge in [-0.05, 0) is 6.07 Å². The van der Waals surface area contributed by atoms with E-state index in [0.717, 1.165) is 0 Å². The van der Waals surface area contributed by atoms with Crippen molar-refractivity contribution in [2.45, 2.75) is 6.42 Å². The van der Waals surface area contributed by atoms with E-state index < -0.39 is 5.91 Å². The van der Waals surface area contributed by atoms with E-state index in [9.17, 15) is 4.79 Å². The average molecular weight is 167 g/mol. The number of nitrogens with two attached hydrogens (primary N) is 1. The second-order valence-corrected chi connectivity index (χ2v) is 2.20. The molecule has 64 valence electrons. The summed E-state index contributed by atoms with van der Waals surface area (Å²) in [5, 5.41) is 8.55. The summed E-state index contributed by atoms with van der Waals surface area (Å²) < 4.78 is 0. The van der Waals surface area contributed by atoms with Gasteiger partial charge in [0.15, 0.2) is 0 Å². The van der Waals surface area contributed by atoms with Gasteiger partial charge in [-0.15, -0.1) is 0 Å². The van der Waals surface area contributed by atoms with E-state index in [1.165, 1.54) is 12.3 Å². The first kappa shape index (κ1) is 8.61. The Bertz CT molecular complexity index is 288. The zero-order valence-electron chi connectivity index (χ0n) is 6.40. The first-order valence-corrected chi connectivity index (χ1v) is 3.46. The Hall–Kier alpha value is -1.49. The fourth-order valence-electron chi connectivity index (χ4n) is 0.757. The summed E-state index contributed by atoms with van der Waals surface area (Å²) in [6.45, 7) is -0.0395. The number of hydrogen-bond acceptors (Lipinski definition) is 4. The van der Waals surface area contributed by atoms with Gasteiger partial charge in [-0.25, -0.2) is 9.97 Å². The van der Waals surface area contributed by atoms with Crippen LogP contribution in [0, 0.1) is 0 Å². The van der Waals surface area contributed by atoms with Gasteiger partial charge in [-0.1, -0.05) is 0 Å². The summed E-state index contributed by atoms with van der Waals surface area (Å²) in [6.07, 6.45) is 1.78. The SMILES string of the molecule is NC(=O)c1ccnc(CCO)n1. The number of carbonyl (C=O) groups excluding carboxylic acids is 1. The summed E-state index contributed by atoms with van der Waals surface area (Å²) >= 11 is 0. The summed E-state index contributed by atoms with van der Waals surface area (Å²) in [5.74, 6) is -0.162. The Morgan fingerprint density at radius 1 is 1.67 bits per heavy atom.